The van der Waals surface area contributed by atoms with E-state index in [1.165, 1.54) is 28.7 Å². The molecule has 1 saturated heterocycles. The molecule has 6 heteroatoms. The van der Waals surface area contributed by atoms with Crippen LogP contribution < -0.4 is 10.9 Å². The zero-order chi connectivity index (χ0) is 25.2. The predicted molar refractivity (Wildman–Crippen MR) is 148 cm³/mol. The number of H-pyrrole nitrogens is 1. The summed E-state index contributed by atoms with van der Waals surface area (Å²) in [6, 6.07) is 17.3. The summed E-state index contributed by atoms with van der Waals surface area (Å²) in [5, 5.41) is 9.92. The van der Waals surface area contributed by atoms with Crippen LogP contribution in [0.4, 0.5) is 0 Å². The van der Waals surface area contributed by atoms with E-state index < -0.39 is 0 Å². The van der Waals surface area contributed by atoms with Gasteiger partial charge in [-0.05, 0) is 84.8 Å². The van der Waals surface area contributed by atoms with Crippen LogP contribution in [0.5, 0.6) is 5.75 Å². The average Bonchev–Trinajstić information content (AvgIpc) is 3.60. The Morgan fingerprint density at radius 3 is 2.84 bits per heavy atom. The molecule has 1 aromatic heterocycles. The summed E-state index contributed by atoms with van der Waals surface area (Å²) >= 11 is 0. The van der Waals surface area contributed by atoms with Crippen LogP contribution in [0.2, 0.25) is 0 Å². The molecule has 3 heterocycles. The summed E-state index contributed by atoms with van der Waals surface area (Å²) in [7, 11) is 0. The first-order chi connectivity index (χ1) is 18.2. The van der Waals surface area contributed by atoms with Crippen molar-refractivity contribution in [3.8, 4) is 5.75 Å². The highest BCUT2D eigenvalue weighted by atomic mass is 16.3. The first-order valence-electron chi connectivity index (χ1n) is 14.0. The van der Waals surface area contributed by atoms with Crippen LogP contribution in [-0.2, 0) is 12.8 Å². The van der Waals surface area contributed by atoms with Crippen molar-refractivity contribution in [1.29, 1.82) is 0 Å². The second-order valence-electron chi connectivity index (χ2n) is 11.0. The Kier molecular flexibility index (Phi) is 7.14. The van der Waals surface area contributed by atoms with E-state index >= 15 is 0 Å². The highest BCUT2D eigenvalue weighted by Crippen LogP contribution is 2.44. The van der Waals surface area contributed by atoms with Crippen molar-refractivity contribution in [2.45, 2.75) is 63.5 Å². The Labute approximate surface area is 220 Å². The number of phenols is 1. The van der Waals surface area contributed by atoms with E-state index in [0.29, 0.717) is 23.6 Å². The molecule has 3 aromatic rings. The summed E-state index contributed by atoms with van der Waals surface area (Å²) < 4.78 is 0. The van der Waals surface area contributed by atoms with E-state index in [4.69, 9.17) is 4.98 Å². The van der Waals surface area contributed by atoms with Crippen LogP contribution in [0.3, 0.4) is 0 Å². The minimum absolute atomic E-state index is 0.212. The van der Waals surface area contributed by atoms with Gasteiger partial charge < -0.3 is 10.1 Å². The number of benzene rings is 2. The third-order valence-corrected chi connectivity index (χ3v) is 8.73. The lowest BCUT2D eigenvalue weighted by atomic mass is 9.73. The fraction of sp³-hybridized carbons (Fsp3) is 0.452. The quantitative estimate of drug-likeness (QED) is 0.365. The normalized spacial score (nSPS) is 26.1. The molecule has 2 fully saturated rings. The van der Waals surface area contributed by atoms with Crippen LogP contribution in [0.15, 0.2) is 60.8 Å². The van der Waals surface area contributed by atoms with Crippen molar-refractivity contribution < 1.29 is 5.11 Å². The molecule has 4 atom stereocenters. The standard InChI is InChI=1S/C31H39N5O/c1-2-22-17-25(37)11-13-26(22)23-10-12-27-28(18-23)34-35-30(27)31-32-19-29(33-31)24-9-6-15-36(20-24)16-14-21-7-4-3-5-8-21/h3-5,7-9,11,13,17,19,23,27-28,30,34-35,37H,2,6,10,12,14-16,18,20H2,1H3,(H,32,33). The summed E-state index contributed by atoms with van der Waals surface area (Å²) in [5.41, 5.74) is 13.8. The maximum atomic E-state index is 9.92. The van der Waals surface area contributed by atoms with Crippen LogP contribution >= 0.6 is 0 Å². The molecule has 6 rings (SSSR count). The van der Waals surface area contributed by atoms with Crippen LogP contribution in [0.25, 0.3) is 5.57 Å². The summed E-state index contributed by atoms with van der Waals surface area (Å²) in [6.45, 7) is 5.36. The number of aromatic hydroxyl groups is 1. The Morgan fingerprint density at radius 1 is 1.08 bits per heavy atom. The van der Waals surface area contributed by atoms with Crippen molar-refractivity contribution in [2.75, 3.05) is 19.6 Å². The highest BCUT2D eigenvalue weighted by molar-refractivity contribution is 5.64. The largest absolute Gasteiger partial charge is 0.508 e. The van der Waals surface area contributed by atoms with Gasteiger partial charge in [0.25, 0.3) is 0 Å². The van der Waals surface area contributed by atoms with Crippen molar-refractivity contribution in [3.05, 3.63) is 89.0 Å². The van der Waals surface area contributed by atoms with Crippen molar-refractivity contribution in [1.82, 2.24) is 25.7 Å². The summed E-state index contributed by atoms with van der Waals surface area (Å²) in [6.07, 6.45) is 11.0. The molecule has 2 aromatic carbocycles. The fourth-order valence-corrected chi connectivity index (χ4v) is 6.69. The third-order valence-electron chi connectivity index (χ3n) is 8.73. The number of phenolic OH excluding ortho intramolecular Hbond substituents is 1. The van der Waals surface area contributed by atoms with Gasteiger partial charge >= 0.3 is 0 Å². The number of rotatable bonds is 7. The van der Waals surface area contributed by atoms with Crippen LogP contribution in [0.1, 0.15) is 72.8 Å². The van der Waals surface area contributed by atoms with Crippen LogP contribution in [-0.4, -0.2) is 45.7 Å². The molecular weight excluding hydrogens is 458 g/mol. The zero-order valence-electron chi connectivity index (χ0n) is 21.8. The molecule has 37 heavy (non-hydrogen) atoms. The number of hydrogen-bond donors (Lipinski definition) is 4. The number of aromatic amines is 1. The second-order valence-corrected chi connectivity index (χ2v) is 11.0. The lowest BCUT2D eigenvalue weighted by Gasteiger charge is -2.33. The summed E-state index contributed by atoms with van der Waals surface area (Å²) in [4.78, 5) is 11.1. The maximum absolute atomic E-state index is 9.92. The minimum atomic E-state index is 0.212. The SMILES string of the molecule is CCc1cc(O)ccc1C1CCC2C(C1)NNC2c1ncc(C2=CCCN(CCc3ccccc3)C2)[nH]1. The molecule has 1 aliphatic carbocycles. The van der Waals surface area contributed by atoms with Crippen molar-refractivity contribution >= 4 is 5.57 Å². The minimum Gasteiger partial charge on any atom is -0.508 e. The fourth-order valence-electron chi connectivity index (χ4n) is 6.69. The van der Waals surface area contributed by atoms with Crippen molar-refractivity contribution in [2.24, 2.45) is 5.92 Å². The number of hydrazine groups is 1. The van der Waals surface area contributed by atoms with E-state index in [-0.39, 0.29) is 6.04 Å². The number of hydrogen-bond acceptors (Lipinski definition) is 5. The van der Waals surface area contributed by atoms with Gasteiger partial charge in [-0.3, -0.25) is 10.3 Å². The third kappa shape index (κ3) is 5.24. The average molecular weight is 498 g/mol. The van der Waals surface area contributed by atoms with Gasteiger partial charge in [-0.1, -0.05) is 49.4 Å². The van der Waals surface area contributed by atoms with E-state index in [9.17, 15) is 5.11 Å². The van der Waals surface area contributed by atoms with Gasteiger partial charge in [0, 0.05) is 25.7 Å². The van der Waals surface area contributed by atoms with Gasteiger partial charge in [-0.25, -0.2) is 10.4 Å². The number of imidazole rings is 1. The number of fused-ring (bicyclic) bond motifs is 1. The number of nitrogens with zero attached hydrogens (tertiary/aromatic N) is 2. The molecule has 3 aliphatic rings. The molecule has 0 amide bonds. The molecule has 4 N–H and O–H groups in total. The summed E-state index contributed by atoms with van der Waals surface area (Å²) in [5.74, 6) is 2.48. The molecule has 0 spiro atoms. The number of aromatic nitrogens is 2. The predicted octanol–water partition coefficient (Wildman–Crippen LogP) is 5.11. The molecule has 2 aliphatic heterocycles. The van der Waals surface area contributed by atoms with Crippen LogP contribution in [0, 0.1) is 5.92 Å². The van der Waals surface area contributed by atoms with Gasteiger partial charge in [0.1, 0.15) is 11.6 Å². The molecule has 0 radical (unpaired) electrons. The zero-order valence-corrected chi connectivity index (χ0v) is 21.8. The van der Waals surface area contributed by atoms with Gasteiger partial charge in [0.05, 0.1) is 17.9 Å². The molecular formula is C31H39N5O. The van der Waals surface area contributed by atoms with E-state index in [1.54, 1.807) is 0 Å². The van der Waals surface area contributed by atoms with Gasteiger partial charge in [-0.2, -0.15) is 0 Å². The second kappa shape index (κ2) is 10.8. The number of aryl methyl sites for hydroxylation is 1. The Morgan fingerprint density at radius 2 is 1.97 bits per heavy atom. The maximum Gasteiger partial charge on any atom is 0.125 e. The Bertz CT molecular complexity index is 1240. The lowest BCUT2D eigenvalue weighted by molar-refractivity contribution is 0.276. The van der Waals surface area contributed by atoms with E-state index in [2.05, 4.69) is 70.1 Å². The molecule has 4 unspecified atom stereocenters. The first kappa shape index (κ1) is 24.4. The smallest absolute Gasteiger partial charge is 0.125 e. The number of nitrogens with one attached hydrogen (secondary N) is 3. The molecule has 6 nitrogen and oxygen atoms in total. The van der Waals surface area contributed by atoms with Gasteiger partial charge in [-0.15, -0.1) is 0 Å². The van der Waals surface area contributed by atoms with Gasteiger partial charge in [0.15, 0.2) is 0 Å². The van der Waals surface area contributed by atoms with Crippen molar-refractivity contribution in [3.63, 3.8) is 0 Å². The highest BCUT2D eigenvalue weighted by Gasteiger charge is 2.42. The topological polar surface area (TPSA) is 76.2 Å². The van der Waals surface area contributed by atoms with Gasteiger partial charge in [0.2, 0.25) is 0 Å². The molecule has 0 bridgehead atoms. The Balaban J connectivity index is 1.08. The first-order valence-corrected chi connectivity index (χ1v) is 14.0. The Hall–Kier alpha value is -2.93. The molecule has 1 saturated carbocycles. The van der Waals surface area contributed by atoms with E-state index in [1.807, 2.05) is 18.3 Å². The monoisotopic (exact) mass is 497 g/mol. The van der Waals surface area contributed by atoms with E-state index in [0.717, 1.165) is 63.3 Å². The molecule has 194 valence electrons. The lowest BCUT2D eigenvalue weighted by Crippen LogP contribution is -2.35.